The molecule has 112 valence electrons. The van der Waals surface area contributed by atoms with Gasteiger partial charge in [0.05, 0.1) is 15.6 Å². The SMILES string of the molecule is O=[N+]([O-])c1cccc(S(=O)(=O)NS(=O)(=O)CCCCl)c1. The van der Waals surface area contributed by atoms with Gasteiger partial charge in [-0.2, -0.15) is 0 Å². The first-order chi connectivity index (χ1) is 9.18. The number of hydrogen-bond donors (Lipinski definition) is 1. The smallest absolute Gasteiger partial charge is 0.258 e. The number of sulfonamides is 2. The van der Waals surface area contributed by atoms with Gasteiger partial charge in [-0.1, -0.05) is 6.07 Å². The molecule has 8 nitrogen and oxygen atoms in total. The Hall–Kier alpha value is -1.23. The minimum Gasteiger partial charge on any atom is -0.258 e. The zero-order chi connectivity index (χ0) is 15.4. The Balaban J connectivity index is 3.06. The molecule has 0 spiro atoms. The van der Waals surface area contributed by atoms with E-state index in [0.29, 0.717) is 0 Å². The summed E-state index contributed by atoms with van der Waals surface area (Å²) < 4.78 is 48.2. The molecule has 0 saturated heterocycles. The Morgan fingerprint density at radius 3 is 2.45 bits per heavy atom. The van der Waals surface area contributed by atoms with Crippen LogP contribution in [0.4, 0.5) is 5.69 Å². The summed E-state index contributed by atoms with van der Waals surface area (Å²) in [5.41, 5.74) is -0.453. The van der Waals surface area contributed by atoms with E-state index in [0.717, 1.165) is 24.3 Å². The van der Waals surface area contributed by atoms with Crippen LogP contribution in [0.1, 0.15) is 6.42 Å². The van der Waals surface area contributed by atoms with Crippen molar-refractivity contribution < 1.29 is 21.8 Å². The average molecular weight is 343 g/mol. The number of nitro benzene ring substituents is 1. The maximum Gasteiger partial charge on any atom is 0.270 e. The fourth-order valence-electron chi connectivity index (χ4n) is 1.27. The molecule has 20 heavy (non-hydrogen) atoms. The molecule has 0 aliphatic rings. The largest absolute Gasteiger partial charge is 0.270 e. The lowest BCUT2D eigenvalue weighted by Crippen LogP contribution is -2.32. The highest BCUT2D eigenvalue weighted by Gasteiger charge is 2.23. The molecule has 1 N–H and O–H groups in total. The van der Waals surface area contributed by atoms with E-state index in [1.54, 1.807) is 0 Å². The highest BCUT2D eigenvalue weighted by molar-refractivity contribution is 8.04. The lowest BCUT2D eigenvalue weighted by molar-refractivity contribution is -0.385. The van der Waals surface area contributed by atoms with E-state index in [2.05, 4.69) is 0 Å². The van der Waals surface area contributed by atoms with Crippen LogP contribution in [-0.4, -0.2) is 33.4 Å². The fraction of sp³-hybridized carbons (Fsp3) is 0.333. The first-order valence-electron chi connectivity index (χ1n) is 5.25. The summed E-state index contributed by atoms with van der Waals surface area (Å²) in [6.07, 6.45) is 0.0847. The first-order valence-corrected chi connectivity index (χ1v) is 8.92. The van der Waals surface area contributed by atoms with Gasteiger partial charge in [-0.15, -0.1) is 15.7 Å². The van der Waals surface area contributed by atoms with E-state index in [-0.39, 0.29) is 12.3 Å². The number of nitro groups is 1. The highest BCUT2D eigenvalue weighted by Crippen LogP contribution is 2.17. The van der Waals surface area contributed by atoms with Gasteiger partial charge in [0.15, 0.2) is 0 Å². The van der Waals surface area contributed by atoms with Crippen LogP contribution >= 0.6 is 11.6 Å². The van der Waals surface area contributed by atoms with Crippen molar-refractivity contribution in [2.75, 3.05) is 11.6 Å². The quantitative estimate of drug-likeness (QED) is 0.444. The third-order valence-corrected chi connectivity index (χ3v) is 5.98. The molecule has 0 unspecified atom stereocenters. The minimum atomic E-state index is -4.39. The zero-order valence-electron chi connectivity index (χ0n) is 10.0. The topological polar surface area (TPSA) is 123 Å². The Labute approximate surface area is 121 Å². The number of nitrogens with zero attached hydrogens (tertiary/aromatic N) is 1. The standard InChI is InChI=1S/C9H11ClN2O6S2/c10-5-2-6-19(15,16)11-20(17,18)9-4-1-3-8(7-9)12(13)14/h1,3-4,7,11H,2,5-6H2. The predicted molar refractivity (Wildman–Crippen MR) is 72.5 cm³/mol. The molecule has 0 bridgehead atoms. The van der Waals surface area contributed by atoms with Gasteiger partial charge >= 0.3 is 0 Å². The molecule has 1 rings (SSSR count). The molecule has 11 heteroatoms. The molecule has 0 atom stereocenters. The summed E-state index contributed by atoms with van der Waals surface area (Å²) in [6.45, 7) is 0. The maximum absolute atomic E-state index is 11.8. The summed E-state index contributed by atoms with van der Waals surface area (Å²) in [5, 5.41) is 10.6. The van der Waals surface area contributed by atoms with E-state index < -0.39 is 41.3 Å². The van der Waals surface area contributed by atoms with Crippen LogP contribution in [0.2, 0.25) is 0 Å². The molecule has 0 aliphatic carbocycles. The van der Waals surface area contributed by atoms with Crippen molar-refractivity contribution in [3.8, 4) is 0 Å². The van der Waals surface area contributed by atoms with E-state index in [9.17, 15) is 26.9 Å². The molecule has 1 aromatic carbocycles. The third-order valence-electron chi connectivity index (χ3n) is 2.12. The van der Waals surface area contributed by atoms with Crippen LogP contribution in [0, 0.1) is 10.1 Å². The number of non-ortho nitro benzene ring substituents is 1. The second-order valence-electron chi connectivity index (χ2n) is 3.70. The number of benzene rings is 1. The monoisotopic (exact) mass is 342 g/mol. The van der Waals surface area contributed by atoms with Crippen molar-refractivity contribution in [3.05, 3.63) is 34.4 Å². The van der Waals surface area contributed by atoms with Gasteiger partial charge < -0.3 is 0 Å². The van der Waals surface area contributed by atoms with Gasteiger partial charge in [-0.05, 0) is 12.5 Å². The molecular formula is C9H11ClN2O6S2. The molecule has 0 heterocycles. The molecule has 1 aromatic rings. The van der Waals surface area contributed by atoms with Gasteiger partial charge in [0, 0.05) is 18.0 Å². The lowest BCUT2D eigenvalue weighted by atomic mass is 10.3. The van der Waals surface area contributed by atoms with Crippen molar-refractivity contribution in [2.24, 2.45) is 0 Å². The molecule has 0 aromatic heterocycles. The van der Waals surface area contributed by atoms with Crippen LogP contribution in [0.3, 0.4) is 0 Å². The minimum absolute atomic E-state index is 0.0672. The summed E-state index contributed by atoms with van der Waals surface area (Å²) in [7, 11) is -8.46. The number of hydrogen-bond acceptors (Lipinski definition) is 6. The summed E-state index contributed by atoms with van der Waals surface area (Å²) in [5.74, 6) is -0.386. The average Bonchev–Trinajstić information content (AvgIpc) is 2.35. The van der Waals surface area contributed by atoms with Crippen molar-refractivity contribution in [3.63, 3.8) is 0 Å². The fourth-order valence-corrected chi connectivity index (χ4v) is 4.67. The number of alkyl halides is 1. The van der Waals surface area contributed by atoms with Crippen molar-refractivity contribution in [1.29, 1.82) is 0 Å². The molecule has 0 saturated carbocycles. The van der Waals surface area contributed by atoms with E-state index in [4.69, 9.17) is 11.6 Å². The Morgan fingerprint density at radius 1 is 1.25 bits per heavy atom. The first kappa shape index (κ1) is 16.8. The Morgan fingerprint density at radius 2 is 1.90 bits per heavy atom. The summed E-state index contributed by atoms with van der Waals surface area (Å²) in [4.78, 5) is 9.29. The predicted octanol–water partition coefficient (Wildman–Crippen LogP) is 0.832. The number of rotatable bonds is 7. The van der Waals surface area contributed by atoms with E-state index in [1.807, 2.05) is 0 Å². The van der Waals surface area contributed by atoms with E-state index in [1.165, 1.54) is 4.13 Å². The summed E-state index contributed by atoms with van der Waals surface area (Å²) in [6, 6.07) is 4.09. The van der Waals surface area contributed by atoms with Gasteiger partial charge in [-0.25, -0.2) is 16.8 Å². The van der Waals surface area contributed by atoms with Gasteiger partial charge in [0.1, 0.15) is 0 Å². The molecular weight excluding hydrogens is 332 g/mol. The third kappa shape index (κ3) is 4.71. The van der Waals surface area contributed by atoms with E-state index >= 15 is 0 Å². The van der Waals surface area contributed by atoms with Crippen molar-refractivity contribution in [2.45, 2.75) is 11.3 Å². The maximum atomic E-state index is 11.8. The van der Waals surface area contributed by atoms with Gasteiger partial charge in [-0.3, -0.25) is 10.1 Å². The molecule has 0 radical (unpaired) electrons. The van der Waals surface area contributed by atoms with Crippen molar-refractivity contribution in [1.82, 2.24) is 4.13 Å². The molecule has 0 aliphatic heterocycles. The van der Waals surface area contributed by atoms with Crippen LogP contribution in [-0.2, 0) is 20.0 Å². The molecule has 0 fully saturated rings. The van der Waals surface area contributed by atoms with Crippen LogP contribution in [0.25, 0.3) is 0 Å². The molecule has 0 amide bonds. The Kier molecular flexibility index (Phi) is 5.45. The number of halogens is 1. The second kappa shape index (κ2) is 6.48. The Bertz CT molecular complexity index is 701. The van der Waals surface area contributed by atoms with Crippen LogP contribution < -0.4 is 4.13 Å². The lowest BCUT2D eigenvalue weighted by Gasteiger charge is -2.07. The zero-order valence-corrected chi connectivity index (χ0v) is 12.4. The van der Waals surface area contributed by atoms with Crippen molar-refractivity contribution >= 4 is 37.3 Å². The van der Waals surface area contributed by atoms with Crippen LogP contribution in [0.15, 0.2) is 29.2 Å². The van der Waals surface area contributed by atoms with Gasteiger partial charge in [0.25, 0.3) is 15.7 Å². The highest BCUT2D eigenvalue weighted by atomic mass is 35.5. The van der Waals surface area contributed by atoms with Crippen LogP contribution in [0.5, 0.6) is 0 Å². The normalized spacial score (nSPS) is 12.2. The number of nitrogens with one attached hydrogen (secondary N) is 1. The summed E-state index contributed by atoms with van der Waals surface area (Å²) >= 11 is 5.33. The second-order valence-corrected chi connectivity index (χ2v) is 7.86. The van der Waals surface area contributed by atoms with Gasteiger partial charge in [0.2, 0.25) is 10.0 Å².